The van der Waals surface area contributed by atoms with Crippen molar-refractivity contribution in [2.75, 3.05) is 25.9 Å². The maximum Gasteiger partial charge on any atom is 0.0866 e. The van der Waals surface area contributed by atoms with E-state index < -0.39 is 0 Å². The molecular formula is C6H10N2S. The quantitative estimate of drug-likeness (QED) is 0.527. The van der Waals surface area contributed by atoms with Crippen LogP contribution in [0.4, 0.5) is 0 Å². The molecule has 9 heavy (non-hydrogen) atoms. The topological polar surface area (TPSA) is 27.0 Å². The molecule has 50 valence electrons. The predicted octanol–water partition coefficient (Wildman–Crippen LogP) is 0.557. The van der Waals surface area contributed by atoms with E-state index >= 15 is 0 Å². The summed E-state index contributed by atoms with van der Waals surface area (Å²) in [6, 6.07) is 2.13. The zero-order chi connectivity index (χ0) is 6.69. The van der Waals surface area contributed by atoms with Crippen molar-refractivity contribution in [1.82, 2.24) is 4.90 Å². The van der Waals surface area contributed by atoms with Crippen LogP contribution in [-0.2, 0) is 0 Å². The Morgan fingerprint density at radius 3 is 2.89 bits per heavy atom. The summed E-state index contributed by atoms with van der Waals surface area (Å²) in [7, 11) is 0. The highest BCUT2D eigenvalue weighted by molar-refractivity contribution is 7.99. The molecular weight excluding hydrogens is 132 g/mol. The molecule has 1 aliphatic rings. The van der Waals surface area contributed by atoms with Gasteiger partial charge in [-0.1, -0.05) is 0 Å². The molecule has 0 aliphatic carbocycles. The minimum absolute atomic E-state index is 0.608. The van der Waals surface area contributed by atoms with Crippen LogP contribution in [0.3, 0.4) is 0 Å². The highest BCUT2D eigenvalue weighted by Crippen LogP contribution is 2.18. The van der Waals surface area contributed by atoms with E-state index in [0.717, 1.165) is 18.3 Å². The summed E-state index contributed by atoms with van der Waals surface area (Å²) in [6.45, 7) is 2.82. The van der Waals surface area contributed by atoms with Crippen LogP contribution in [0.25, 0.3) is 0 Å². The first-order chi connectivity index (χ1) is 4.36. The van der Waals surface area contributed by atoms with Crippen molar-refractivity contribution in [3.63, 3.8) is 0 Å². The van der Waals surface area contributed by atoms with Gasteiger partial charge in [0.25, 0.3) is 0 Å². The van der Waals surface area contributed by atoms with Crippen molar-refractivity contribution < 1.29 is 0 Å². The Morgan fingerprint density at radius 1 is 1.78 bits per heavy atom. The SMILES string of the molecule is CSC1CN(CC#N)C1. The van der Waals surface area contributed by atoms with Gasteiger partial charge >= 0.3 is 0 Å². The number of nitrogens with zero attached hydrogens (tertiary/aromatic N) is 2. The van der Waals surface area contributed by atoms with Crippen molar-refractivity contribution in [2.45, 2.75) is 5.25 Å². The Labute approximate surface area is 59.8 Å². The Hall–Kier alpha value is -0.200. The monoisotopic (exact) mass is 142 g/mol. The van der Waals surface area contributed by atoms with Gasteiger partial charge in [-0.3, -0.25) is 4.90 Å². The lowest BCUT2D eigenvalue weighted by Gasteiger charge is -2.36. The van der Waals surface area contributed by atoms with Crippen LogP contribution in [0.1, 0.15) is 0 Å². The minimum atomic E-state index is 0.608. The average Bonchev–Trinajstić information content (AvgIpc) is 1.77. The van der Waals surface area contributed by atoms with Crippen LogP contribution in [0.5, 0.6) is 0 Å². The standard InChI is InChI=1S/C6H10N2S/c1-9-6-4-8(5-6)3-2-7/h6H,3-5H2,1H3. The van der Waals surface area contributed by atoms with Gasteiger partial charge in [-0.2, -0.15) is 17.0 Å². The smallest absolute Gasteiger partial charge is 0.0866 e. The van der Waals surface area contributed by atoms with E-state index in [1.165, 1.54) is 0 Å². The van der Waals surface area contributed by atoms with Gasteiger partial charge in [0.05, 0.1) is 12.6 Å². The number of thioether (sulfide) groups is 1. The number of likely N-dealkylation sites (tertiary alicyclic amines) is 1. The normalized spacial score (nSPS) is 20.9. The lowest BCUT2D eigenvalue weighted by molar-refractivity contribution is 0.216. The molecule has 0 aromatic heterocycles. The van der Waals surface area contributed by atoms with Crippen LogP contribution >= 0.6 is 11.8 Å². The van der Waals surface area contributed by atoms with E-state index in [0.29, 0.717) is 6.54 Å². The molecule has 0 saturated carbocycles. The summed E-state index contributed by atoms with van der Waals surface area (Å²) >= 11 is 1.89. The Morgan fingerprint density at radius 2 is 2.44 bits per heavy atom. The lowest BCUT2D eigenvalue weighted by Crippen LogP contribution is -2.48. The fourth-order valence-corrected chi connectivity index (χ4v) is 1.62. The number of hydrogen-bond acceptors (Lipinski definition) is 3. The van der Waals surface area contributed by atoms with Gasteiger partial charge in [0.2, 0.25) is 0 Å². The van der Waals surface area contributed by atoms with E-state index in [4.69, 9.17) is 5.26 Å². The van der Waals surface area contributed by atoms with E-state index in [1.54, 1.807) is 0 Å². The lowest BCUT2D eigenvalue weighted by atomic mass is 10.2. The maximum atomic E-state index is 8.26. The van der Waals surface area contributed by atoms with E-state index in [2.05, 4.69) is 17.2 Å². The first kappa shape index (κ1) is 6.91. The van der Waals surface area contributed by atoms with Crippen LogP contribution in [-0.4, -0.2) is 36.0 Å². The molecule has 0 aromatic carbocycles. The summed E-state index contributed by atoms with van der Waals surface area (Å²) in [4.78, 5) is 2.15. The molecule has 1 heterocycles. The molecule has 0 bridgehead atoms. The maximum absolute atomic E-state index is 8.26. The number of nitriles is 1. The van der Waals surface area contributed by atoms with Crippen molar-refractivity contribution in [1.29, 1.82) is 5.26 Å². The first-order valence-electron chi connectivity index (χ1n) is 2.99. The van der Waals surface area contributed by atoms with Crippen molar-refractivity contribution >= 4 is 11.8 Å². The Bertz CT molecular complexity index is 124. The van der Waals surface area contributed by atoms with Gasteiger partial charge in [-0.25, -0.2) is 0 Å². The minimum Gasteiger partial charge on any atom is -0.288 e. The molecule has 0 unspecified atom stereocenters. The molecule has 1 aliphatic heterocycles. The van der Waals surface area contributed by atoms with Crippen LogP contribution in [0.15, 0.2) is 0 Å². The fourth-order valence-electron chi connectivity index (χ4n) is 0.901. The summed E-state index contributed by atoms with van der Waals surface area (Å²) < 4.78 is 0. The zero-order valence-electron chi connectivity index (χ0n) is 5.50. The van der Waals surface area contributed by atoms with Gasteiger partial charge < -0.3 is 0 Å². The van der Waals surface area contributed by atoms with Gasteiger partial charge in [0.1, 0.15) is 0 Å². The fraction of sp³-hybridized carbons (Fsp3) is 0.833. The Kier molecular flexibility index (Phi) is 2.38. The van der Waals surface area contributed by atoms with Gasteiger partial charge in [-0.15, -0.1) is 0 Å². The summed E-state index contributed by atoms with van der Waals surface area (Å²) in [6.07, 6.45) is 2.12. The van der Waals surface area contributed by atoms with Crippen LogP contribution in [0, 0.1) is 11.3 Å². The van der Waals surface area contributed by atoms with Crippen molar-refractivity contribution in [3.05, 3.63) is 0 Å². The number of hydrogen-bond donors (Lipinski definition) is 0. The molecule has 1 saturated heterocycles. The predicted molar refractivity (Wildman–Crippen MR) is 39.4 cm³/mol. The Balaban J connectivity index is 2.06. The molecule has 0 N–H and O–H groups in total. The summed E-state index contributed by atoms with van der Waals surface area (Å²) in [5, 5.41) is 9.05. The van der Waals surface area contributed by atoms with Crippen LogP contribution < -0.4 is 0 Å². The molecule has 0 amide bonds. The molecule has 0 atom stereocenters. The third kappa shape index (κ3) is 1.60. The second-order valence-electron chi connectivity index (χ2n) is 2.21. The van der Waals surface area contributed by atoms with Crippen molar-refractivity contribution in [3.8, 4) is 6.07 Å². The van der Waals surface area contributed by atoms with Crippen molar-refractivity contribution in [2.24, 2.45) is 0 Å². The molecule has 1 fully saturated rings. The molecule has 3 heteroatoms. The van der Waals surface area contributed by atoms with E-state index in [1.807, 2.05) is 11.8 Å². The molecule has 0 aromatic rings. The van der Waals surface area contributed by atoms with Gasteiger partial charge in [-0.05, 0) is 6.26 Å². The second-order valence-corrected chi connectivity index (χ2v) is 3.35. The highest BCUT2D eigenvalue weighted by atomic mass is 32.2. The first-order valence-corrected chi connectivity index (χ1v) is 4.27. The third-order valence-corrected chi connectivity index (χ3v) is 2.52. The largest absolute Gasteiger partial charge is 0.288 e. The summed E-state index contributed by atoms with van der Waals surface area (Å²) in [5.41, 5.74) is 0. The molecule has 0 radical (unpaired) electrons. The zero-order valence-corrected chi connectivity index (χ0v) is 6.32. The van der Waals surface area contributed by atoms with Gasteiger partial charge in [0.15, 0.2) is 0 Å². The highest BCUT2D eigenvalue weighted by Gasteiger charge is 2.24. The molecule has 2 nitrogen and oxygen atoms in total. The van der Waals surface area contributed by atoms with Gasteiger partial charge in [0, 0.05) is 18.3 Å². The average molecular weight is 142 g/mol. The number of rotatable bonds is 2. The second kappa shape index (κ2) is 3.09. The molecule has 1 rings (SSSR count). The third-order valence-electron chi connectivity index (χ3n) is 1.55. The van der Waals surface area contributed by atoms with Crippen LogP contribution in [0.2, 0.25) is 0 Å². The molecule has 0 spiro atoms. The van der Waals surface area contributed by atoms with E-state index in [-0.39, 0.29) is 0 Å². The van der Waals surface area contributed by atoms with E-state index in [9.17, 15) is 0 Å². The summed E-state index contributed by atoms with van der Waals surface area (Å²) in [5.74, 6) is 0.